The summed E-state index contributed by atoms with van der Waals surface area (Å²) in [5.74, 6) is 1.11. The molecule has 0 aliphatic heterocycles. The number of aryl methyl sites for hydroxylation is 1. The third-order valence-electron chi connectivity index (χ3n) is 4.64. The van der Waals surface area contributed by atoms with Crippen LogP contribution in [-0.4, -0.2) is 45.5 Å². The number of nitrogens with zero attached hydrogens (tertiary/aromatic N) is 5. The molecule has 2 aromatic rings. The summed E-state index contributed by atoms with van der Waals surface area (Å²) >= 11 is 5.79. The number of hydrogen-bond donors (Lipinski definition) is 1. The molecule has 1 aliphatic carbocycles. The highest BCUT2D eigenvalue weighted by Gasteiger charge is 2.43. The van der Waals surface area contributed by atoms with Gasteiger partial charge in [-0.15, -0.1) is 10.2 Å². The smallest absolute Gasteiger partial charge is 0.240 e. The first-order valence-corrected chi connectivity index (χ1v) is 10.0. The first kappa shape index (κ1) is 19.0. The van der Waals surface area contributed by atoms with Gasteiger partial charge in [0.25, 0.3) is 0 Å². The number of sulfonamides is 1. The van der Waals surface area contributed by atoms with E-state index in [4.69, 9.17) is 16.3 Å². The Hall–Kier alpha value is -1.78. The molecule has 1 fully saturated rings. The Morgan fingerprint density at radius 2 is 1.92 bits per heavy atom. The van der Waals surface area contributed by atoms with Gasteiger partial charge in [0.05, 0.1) is 5.02 Å². The average molecular weight is 401 g/mol. The lowest BCUT2D eigenvalue weighted by atomic mass is 10.2. The van der Waals surface area contributed by atoms with Crippen molar-refractivity contribution in [1.29, 1.82) is 0 Å². The van der Waals surface area contributed by atoms with Gasteiger partial charge in [-0.25, -0.2) is 18.4 Å². The van der Waals surface area contributed by atoms with Crippen LogP contribution in [0.15, 0.2) is 12.4 Å². The van der Waals surface area contributed by atoms with E-state index in [0.717, 1.165) is 12.8 Å². The van der Waals surface area contributed by atoms with Crippen molar-refractivity contribution in [2.75, 3.05) is 11.8 Å². The van der Waals surface area contributed by atoms with Crippen LogP contribution in [-0.2, 0) is 20.3 Å². The van der Waals surface area contributed by atoms with Gasteiger partial charge in [-0.3, -0.25) is 9.29 Å². The molecule has 11 heteroatoms. The van der Waals surface area contributed by atoms with Crippen LogP contribution in [0.3, 0.4) is 0 Å². The predicted molar refractivity (Wildman–Crippen MR) is 96.4 cm³/mol. The summed E-state index contributed by atoms with van der Waals surface area (Å²) in [5, 5.41) is 7.40. The van der Waals surface area contributed by atoms with Crippen LogP contribution in [0, 0.1) is 6.92 Å². The number of aromatic nitrogens is 5. The maximum absolute atomic E-state index is 12.9. The Labute approximate surface area is 157 Å². The van der Waals surface area contributed by atoms with Crippen molar-refractivity contribution in [2.24, 2.45) is 0 Å². The highest BCUT2D eigenvalue weighted by atomic mass is 35.5. The fourth-order valence-electron chi connectivity index (χ4n) is 2.84. The molecule has 1 aliphatic rings. The molecule has 1 saturated carbocycles. The number of methoxy groups -OCH3 is 1. The van der Waals surface area contributed by atoms with E-state index < -0.39 is 21.4 Å². The topological polar surface area (TPSA) is 112 Å². The van der Waals surface area contributed by atoms with E-state index in [9.17, 15) is 8.42 Å². The van der Waals surface area contributed by atoms with Crippen LogP contribution in [0.2, 0.25) is 5.02 Å². The standard InChI is InChI=1S/C15H21ClN6O3S/c1-9(12(25-4)13-17-7-11(16)8-18-13)26(23,24)21-14-20-19-10(2)22(14)15(3)5-6-15/h7-9,12H,5-6H2,1-4H3,(H,20,21). The number of ether oxygens (including phenoxy) is 1. The largest absolute Gasteiger partial charge is 0.372 e. The minimum Gasteiger partial charge on any atom is -0.372 e. The van der Waals surface area contributed by atoms with Gasteiger partial charge in [0.2, 0.25) is 16.0 Å². The lowest BCUT2D eigenvalue weighted by Crippen LogP contribution is -2.34. The molecular weight excluding hydrogens is 380 g/mol. The van der Waals surface area contributed by atoms with E-state index in [2.05, 4.69) is 24.9 Å². The minimum absolute atomic E-state index is 0.144. The molecule has 0 spiro atoms. The second-order valence-corrected chi connectivity index (χ2v) is 9.15. The van der Waals surface area contributed by atoms with Gasteiger partial charge in [0, 0.05) is 25.0 Å². The highest BCUT2D eigenvalue weighted by Crippen LogP contribution is 2.45. The Morgan fingerprint density at radius 3 is 2.46 bits per heavy atom. The van der Waals surface area contributed by atoms with Crippen molar-refractivity contribution in [2.45, 2.75) is 50.5 Å². The highest BCUT2D eigenvalue weighted by molar-refractivity contribution is 7.93. The first-order chi connectivity index (χ1) is 12.2. The molecule has 0 bridgehead atoms. The zero-order valence-corrected chi connectivity index (χ0v) is 16.5. The lowest BCUT2D eigenvalue weighted by Gasteiger charge is -2.23. The molecule has 9 nitrogen and oxygen atoms in total. The van der Waals surface area contributed by atoms with E-state index in [-0.39, 0.29) is 17.3 Å². The third-order valence-corrected chi connectivity index (χ3v) is 6.52. The predicted octanol–water partition coefficient (Wildman–Crippen LogP) is 2.06. The summed E-state index contributed by atoms with van der Waals surface area (Å²) in [7, 11) is -2.43. The van der Waals surface area contributed by atoms with Crippen LogP contribution >= 0.6 is 11.6 Å². The van der Waals surface area contributed by atoms with Crippen molar-refractivity contribution in [3.05, 3.63) is 29.1 Å². The summed E-state index contributed by atoms with van der Waals surface area (Å²) in [6, 6.07) is 0. The fourth-order valence-corrected chi connectivity index (χ4v) is 4.07. The zero-order valence-electron chi connectivity index (χ0n) is 15.0. The van der Waals surface area contributed by atoms with E-state index >= 15 is 0 Å². The Morgan fingerprint density at radius 1 is 1.31 bits per heavy atom. The minimum atomic E-state index is -3.84. The summed E-state index contributed by atoms with van der Waals surface area (Å²) in [6.07, 6.45) is 3.84. The molecule has 0 aromatic carbocycles. The SMILES string of the molecule is COC(c1ncc(Cl)cn1)C(C)S(=O)(=O)Nc1nnc(C)n1C1(C)CC1. The maximum Gasteiger partial charge on any atom is 0.240 e. The Kier molecular flexibility index (Phi) is 4.93. The van der Waals surface area contributed by atoms with Gasteiger partial charge in [-0.2, -0.15) is 0 Å². The molecule has 2 atom stereocenters. The van der Waals surface area contributed by atoms with Gasteiger partial charge in [-0.1, -0.05) is 11.6 Å². The van der Waals surface area contributed by atoms with Crippen molar-refractivity contribution in [3.63, 3.8) is 0 Å². The van der Waals surface area contributed by atoms with Crippen LogP contribution < -0.4 is 4.72 Å². The van der Waals surface area contributed by atoms with Gasteiger partial charge < -0.3 is 4.74 Å². The first-order valence-electron chi connectivity index (χ1n) is 8.12. The number of anilines is 1. The second-order valence-electron chi connectivity index (χ2n) is 6.67. The van der Waals surface area contributed by atoms with Gasteiger partial charge in [0.1, 0.15) is 17.2 Å². The molecule has 0 amide bonds. The van der Waals surface area contributed by atoms with E-state index in [1.54, 1.807) is 6.92 Å². The van der Waals surface area contributed by atoms with Gasteiger partial charge >= 0.3 is 0 Å². The van der Waals surface area contributed by atoms with E-state index in [1.165, 1.54) is 26.4 Å². The van der Waals surface area contributed by atoms with E-state index in [1.807, 2.05) is 11.5 Å². The van der Waals surface area contributed by atoms with Crippen LogP contribution in [0.1, 0.15) is 44.4 Å². The quantitative estimate of drug-likeness (QED) is 0.756. The maximum atomic E-state index is 12.9. The normalized spacial score (nSPS) is 18.3. The third kappa shape index (κ3) is 3.53. The fraction of sp³-hybridized carbons (Fsp3) is 0.600. The lowest BCUT2D eigenvalue weighted by molar-refractivity contribution is 0.0950. The molecule has 0 saturated heterocycles. The monoisotopic (exact) mass is 400 g/mol. The van der Waals surface area contributed by atoms with Gasteiger partial charge in [0.15, 0.2) is 5.82 Å². The molecule has 3 rings (SSSR count). The summed E-state index contributed by atoms with van der Waals surface area (Å²) in [6.45, 7) is 5.38. The molecule has 1 N–H and O–H groups in total. The number of hydrogen-bond acceptors (Lipinski definition) is 7. The molecular formula is C15H21ClN6O3S. The molecule has 2 heterocycles. The Bertz CT molecular complexity index is 895. The second kappa shape index (κ2) is 6.75. The van der Waals surface area contributed by atoms with E-state index in [0.29, 0.717) is 10.8 Å². The summed E-state index contributed by atoms with van der Waals surface area (Å²) in [4.78, 5) is 8.14. The molecule has 2 aromatic heterocycles. The van der Waals surface area contributed by atoms with Crippen LogP contribution in [0.5, 0.6) is 0 Å². The van der Waals surface area contributed by atoms with Crippen LogP contribution in [0.4, 0.5) is 5.95 Å². The number of rotatable bonds is 7. The molecule has 26 heavy (non-hydrogen) atoms. The van der Waals surface area contributed by atoms with Crippen molar-refractivity contribution in [1.82, 2.24) is 24.7 Å². The van der Waals surface area contributed by atoms with Crippen molar-refractivity contribution >= 4 is 27.6 Å². The number of nitrogens with one attached hydrogen (secondary N) is 1. The molecule has 142 valence electrons. The summed E-state index contributed by atoms with van der Waals surface area (Å²) in [5.41, 5.74) is -0.144. The molecule has 0 radical (unpaired) electrons. The Balaban J connectivity index is 1.87. The summed E-state index contributed by atoms with van der Waals surface area (Å²) < 4.78 is 35.5. The molecule has 2 unspecified atom stereocenters. The van der Waals surface area contributed by atoms with Gasteiger partial charge in [-0.05, 0) is 33.6 Å². The van der Waals surface area contributed by atoms with Crippen LogP contribution in [0.25, 0.3) is 0 Å². The zero-order chi connectivity index (χ0) is 19.1. The van der Waals surface area contributed by atoms with Crippen molar-refractivity contribution < 1.29 is 13.2 Å². The van der Waals surface area contributed by atoms with Crippen molar-refractivity contribution in [3.8, 4) is 0 Å². The number of halogens is 1. The average Bonchev–Trinajstić information content (AvgIpc) is 3.21.